The molecule has 0 bridgehead atoms. The Balaban J connectivity index is 2.21. The van der Waals surface area contributed by atoms with E-state index in [2.05, 4.69) is 10.6 Å². The van der Waals surface area contributed by atoms with E-state index in [-0.39, 0.29) is 6.03 Å². The highest BCUT2D eigenvalue weighted by atomic mass is 16.2. The Morgan fingerprint density at radius 3 is 2.42 bits per heavy atom. The Bertz CT molecular complexity index is 152. The molecular weight excluding hydrogens is 154 g/mol. The van der Waals surface area contributed by atoms with Crippen LogP contribution in [-0.2, 0) is 0 Å². The molecule has 1 rings (SSSR count). The molecule has 4 nitrogen and oxygen atoms in total. The van der Waals surface area contributed by atoms with E-state index in [0.29, 0.717) is 12.1 Å². The average Bonchev–Trinajstić information content (AvgIpc) is 2.09. The Morgan fingerprint density at radius 1 is 1.33 bits per heavy atom. The van der Waals surface area contributed by atoms with Crippen molar-refractivity contribution in [1.29, 1.82) is 0 Å². The lowest BCUT2D eigenvalue weighted by atomic mass is 9.92. The van der Waals surface area contributed by atoms with E-state index in [9.17, 15) is 4.79 Å². The summed E-state index contributed by atoms with van der Waals surface area (Å²) in [5.74, 6) is 0. The molecule has 1 saturated carbocycles. The molecule has 12 heavy (non-hydrogen) atoms. The van der Waals surface area contributed by atoms with Crippen molar-refractivity contribution in [2.75, 3.05) is 7.05 Å². The van der Waals surface area contributed by atoms with Crippen molar-refractivity contribution in [2.45, 2.75) is 37.8 Å². The molecule has 2 amide bonds. The van der Waals surface area contributed by atoms with E-state index >= 15 is 0 Å². The van der Waals surface area contributed by atoms with Crippen molar-refractivity contribution < 1.29 is 4.79 Å². The molecular formula is C8H17N3O. The predicted octanol–water partition coefficient (Wildman–Crippen LogP) is 0.185. The molecule has 0 radical (unpaired) electrons. The summed E-state index contributed by atoms with van der Waals surface area (Å²) in [4.78, 5) is 10.9. The minimum atomic E-state index is -0.0875. The molecule has 4 N–H and O–H groups in total. The summed E-state index contributed by atoms with van der Waals surface area (Å²) in [6, 6.07) is 0.577. The van der Waals surface area contributed by atoms with E-state index in [1.807, 2.05) is 0 Å². The SMILES string of the molecule is CNC(=O)NC1CCC(N)CC1. The molecule has 1 aliphatic carbocycles. The molecule has 0 unspecified atom stereocenters. The standard InChI is InChI=1S/C8H17N3O/c1-10-8(12)11-7-4-2-6(9)3-5-7/h6-7H,2-5,9H2,1H3,(H2,10,11,12). The highest BCUT2D eigenvalue weighted by Gasteiger charge is 2.19. The monoisotopic (exact) mass is 171 g/mol. The summed E-state index contributed by atoms with van der Waals surface area (Å²) in [5, 5.41) is 5.43. The predicted molar refractivity (Wildman–Crippen MR) is 47.8 cm³/mol. The van der Waals surface area contributed by atoms with E-state index in [1.165, 1.54) is 0 Å². The van der Waals surface area contributed by atoms with Gasteiger partial charge in [0.15, 0.2) is 0 Å². The molecule has 0 atom stereocenters. The molecule has 1 aliphatic rings. The first-order chi connectivity index (χ1) is 5.72. The third kappa shape index (κ3) is 2.70. The van der Waals surface area contributed by atoms with Gasteiger partial charge in [0.25, 0.3) is 0 Å². The largest absolute Gasteiger partial charge is 0.341 e. The zero-order valence-corrected chi connectivity index (χ0v) is 7.47. The number of urea groups is 1. The van der Waals surface area contributed by atoms with Gasteiger partial charge in [-0.3, -0.25) is 0 Å². The van der Waals surface area contributed by atoms with E-state index in [0.717, 1.165) is 25.7 Å². The van der Waals surface area contributed by atoms with Crippen molar-refractivity contribution in [3.05, 3.63) is 0 Å². The van der Waals surface area contributed by atoms with Gasteiger partial charge in [-0.25, -0.2) is 4.79 Å². The van der Waals surface area contributed by atoms with Crippen molar-refractivity contribution in [3.63, 3.8) is 0 Å². The molecule has 0 aliphatic heterocycles. The second-order valence-corrected chi connectivity index (χ2v) is 3.34. The smallest absolute Gasteiger partial charge is 0.314 e. The lowest BCUT2D eigenvalue weighted by molar-refractivity contribution is 0.233. The maximum absolute atomic E-state index is 10.9. The number of amides is 2. The first-order valence-electron chi connectivity index (χ1n) is 4.46. The van der Waals surface area contributed by atoms with E-state index < -0.39 is 0 Å². The first-order valence-corrected chi connectivity index (χ1v) is 4.46. The van der Waals surface area contributed by atoms with Gasteiger partial charge in [0.1, 0.15) is 0 Å². The molecule has 0 aromatic rings. The van der Waals surface area contributed by atoms with Gasteiger partial charge < -0.3 is 16.4 Å². The van der Waals surface area contributed by atoms with Crippen LogP contribution in [0.1, 0.15) is 25.7 Å². The molecule has 4 heteroatoms. The Labute approximate surface area is 72.9 Å². The van der Waals surface area contributed by atoms with Crippen LogP contribution in [0.15, 0.2) is 0 Å². The Hall–Kier alpha value is -0.770. The van der Waals surface area contributed by atoms with Crippen LogP contribution in [0.25, 0.3) is 0 Å². The topological polar surface area (TPSA) is 67.2 Å². The lowest BCUT2D eigenvalue weighted by Gasteiger charge is -2.26. The van der Waals surface area contributed by atoms with Gasteiger partial charge in [-0.05, 0) is 25.7 Å². The third-order valence-corrected chi connectivity index (χ3v) is 2.33. The van der Waals surface area contributed by atoms with Crippen LogP contribution in [0.4, 0.5) is 4.79 Å². The maximum atomic E-state index is 10.9. The number of nitrogens with one attached hydrogen (secondary N) is 2. The molecule has 0 aromatic carbocycles. The van der Waals surface area contributed by atoms with Crippen molar-refractivity contribution >= 4 is 6.03 Å². The van der Waals surface area contributed by atoms with Gasteiger partial charge in [0.2, 0.25) is 0 Å². The van der Waals surface area contributed by atoms with Gasteiger partial charge in [-0.1, -0.05) is 0 Å². The van der Waals surface area contributed by atoms with Crippen LogP contribution in [0.2, 0.25) is 0 Å². The van der Waals surface area contributed by atoms with Crippen LogP contribution < -0.4 is 16.4 Å². The average molecular weight is 171 g/mol. The van der Waals surface area contributed by atoms with Crippen LogP contribution in [0, 0.1) is 0 Å². The van der Waals surface area contributed by atoms with Gasteiger partial charge in [0.05, 0.1) is 0 Å². The summed E-state index contributed by atoms with van der Waals surface area (Å²) in [7, 11) is 1.63. The molecule has 0 heterocycles. The Kier molecular flexibility index (Phi) is 3.34. The van der Waals surface area contributed by atoms with Crippen molar-refractivity contribution in [2.24, 2.45) is 5.73 Å². The number of carbonyl (C=O) groups excluding carboxylic acids is 1. The summed E-state index contributed by atoms with van der Waals surface area (Å²) in [6.07, 6.45) is 4.06. The fourth-order valence-corrected chi connectivity index (χ4v) is 1.52. The zero-order chi connectivity index (χ0) is 8.97. The normalized spacial score (nSPS) is 29.5. The van der Waals surface area contributed by atoms with Crippen LogP contribution in [0.3, 0.4) is 0 Å². The fraction of sp³-hybridized carbons (Fsp3) is 0.875. The number of hydrogen-bond acceptors (Lipinski definition) is 2. The maximum Gasteiger partial charge on any atom is 0.314 e. The van der Waals surface area contributed by atoms with Crippen molar-refractivity contribution in [1.82, 2.24) is 10.6 Å². The van der Waals surface area contributed by atoms with Crippen LogP contribution in [0.5, 0.6) is 0 Å². The van der Waals surface area contributed by atoms with E-state index in [1.54, 1.807) is 7.05 Å². The fourth-order valence-electron chi connectivity index (χ4n) is 1.52. The van der Waals surface area contributed by atoms with Gasteiger partial charge in [0, 0.05) is 19.1 Å². The highest BCUT2D eigenvalue weighted by molar-refractivity contribution is 5.73. The highest BCUT2D eigenvalue weighted by Crippen LogP contribution is 2.16. The first kappa shape index (κ1) is 9.32. The van der Waals surface area contributed by atoms with Gasteiger partial charge in [-0.2, -0.15) is 0 Å². The minimum Gasteiger partial charge on any atom is -0.341 e. The Morgan fingerprint density at radius 2 is 1.92 bits per heavy atom. The lowest BCUT2D eigenvalue weighted by Crippen LogP contribution is -2.44. The van der Waals surface area contributed by atoms with Crippen LogP contribution in [-0.4, -0.2) is 25.2 Å². The summed E-state index contributed by atoms with van der Waals surface area (Å²) in [5.41, 5.74) is 5.73. The molecule has 0 saturated heterocycles. The summed E-state index contributed by atoms with van der Waals surface area (Å²) >= 11 is 0. The summed E-state index contributed by atoms with van der Waals surface area (Å²) < 4.78 is 0. The van der Waals surface area contributed by atoms with E-state index in [4.69, 9.17) is 5.73 Å². The van der Waals surface area contributed by atoms with Gasteiger partial charge in [-0.15, -0.1) is 0 Å². The number of hydrogen-bond donors (Lipinski definition) is 3. The molecule has 70 valence electrons. The third-order valence-electron chi connectivity index (χ3n) is 2.33. The summed E-state index contributed by atoms with van der Waals surface area (Å²) in [6.45, 7) is 0. The van der Waals surface area contributed by atoms with Crippen LogP contribution >= 0.6 is 0 Å². The molecule has 0 spiro atoms. The number of nitrogens with two attached hydrogens (primary N) is 1. The van der Waals surface area contributed by atoms with Crippen molar-refractivity contribution in [3.8, 4) is 0 Å². The zero-order valence-electron chi connectivity index (χ0n) is 7.47. The second-order valence-electron chi connectivity index (χ2n) is 3.34. The number of rotatable bonds is 1. The molecule has 1 fully saturated rings. The van der Waals surface area contributed by atoms with Gasteiger partial charge >= 0.3 is 6.03 Å². The molecule has 0 aromatic heterocycles. The second kappa shape index (κ2) is 4.30. The minimum absolute atomic E-state index is 0.0875. The number of carbonyl (C=O) groups is 1. The quantitative estimate of drug-likeness (QED) is 0.527.